The fraction of sp³-hybridized carbons (Fsp3) is 0.235. The van der Waals surface area contributed by atoms with Gasteiger partial charge in [-0.15, -0.1) is 14.4 Å². The summed E-state index contributed by atoms with van der Waals surface area (Å²) in [5.41, 5.74) is 1.87. The quantitative estimate of drug-likeness (QED) is 0.562. The lowest BCUT2D eigenvalue weighted by Gasteiger charge is -2.11. The number of fused-ring (bicyclic) bond motifs is 1. The minimum Gasteiger partial charge on any atom is -0.465 e. The number of esters is 1. The molecular weight excluding hydrogens is 424 g/mol. The van der Waals surface area contributed by atoms with E-state index >= 15 is 0 Å². The van der Waals surface area contributed by atoms with Crippen LogP contribution in [0, 0.1) is 6.92 Å². The first-order valence-electron chi connectivity index (χ1n) is 8.24. The van der Waals surface area contributed by atoms with Crippen molar-refractivity contribution in [1.82, 2.24) is 14.4 Å². The van der Waals surface area contributed by atoms with Gasteiger partial charge in [-0.25, -0.2) is 8.42 Å². The van der Waals surface area contributed by atoms with Crippen LogP contribution in [0.15, 0.2) is 41.3 Å². The Hall–Kier alpha value is -2.30. The molecule has 3 aromatic rings. The van der Waals surface area contributed by atoms with Crippen LogP contribution in [0.3, 0.4) is 0 Å². The number of carbonyl (C=O) groups excluding carboxylic acids is 1. The molecule has 1 N–H and O–H groups in total. The van der Waals surface area contributed by atoms with E-state index in [1.165, 1.54) is 10.3 Å². The molecule has 8 nitrogen and oxygen atoms in total. The van der Waals surface area contributed by atoms with Gasteiger partial charge in [0.05, 0.1) is 17.2 Å². The summed E-state index contributed by atoms with van der Waals surface area (Å²) in [6.07, 6.45) is 0. The van der Waals surface area contributed by atoms with Gasteiger partial charge in [0, 0.05) is 17.0 Å². The molecule has 0 amide bonds. The van der Waals surface area contributed by atoms with E-state index in [0.29, 0.717) is 33.9 Å². The summed E-state index contributed by atoms with van der Waals surface area (Å²) in [5, 5.41) is 8.85. The third-order valence-corrected chi connectivity index (χ3v) is 6.42. The van der Waals surface area contributed by atoms with Gasteiger partial charge in [0.25, 0.3) is 10.0 Å². The van der Waals surface area contributed by atoms with Gasteiger partial charge in [0.15, 0.2) is 0 Å². The Morgan fingerprint density at radius 1 is 1.25 bits per heavy atom. The number of benzene rings is 2. The number of rotatable bonds is 7. The number of ether oxygens (including phenoxy) is 1. The van der Waals surface area contributed by atoms with Crippen molar-refractivity contribution in [3.8, 4) is 0 Å². The van der Waals surface area contributed by atoms with E-state index in [9.17, 15) is 13.2 Å². The smallest absolute Gasteiger partial charge is 0.317 e. The van der Waals surface area contributed by atoms with Crippen molar-refractivity contribution in [3.63, 3.8) is 0 Å². The zero-order chi connectivity index (χ0) is 20.3. The number of anilines is 1. The third kappa shape index (κ3) is 4.57. The predicted octanol–water partition coefficient (Wildman–Crippen LogP) is 3.25. The Labute approximate surface area is 171 Å². The van der Waals surface area contributed by atoms with Crippen LogP contribution in [0.2, 0.25) is 5.02 Å². The number of aromatic nitrogens is 3. The lowest BCUT2D eigenvalue weighted by molar-refractivity contribution is -0.139. The van der Waals surface area contributed by atoms with Crippen LogP contribution < -0.4 is 4.72 Å². The van der Waals surface area contributed by atoms with Crippen LogP contribution in [0.4, 0.5) is 5.69 Å². The van der Waals surface area contributed by atoms with Crippen molar-refractivity contribution < 1.29 is 17.9 Å². The maximum absolute atomic E-state index is 12.7. The van der Waals surface area contributed by atoms with Gasteiger partial charge >= 0.3 is 5.97 Å². The fourth-order valence-electron chi connectivity index (χ4n) is 2.42. The molecule has 0 unspecified atom stereocenters. The van der Waals surface area contributed by atoms with Gasteiger partial charge < -0.3 is 4.74 Å². The number of halogens is 1. The average molecular weight is 441 g/mol. The van der Waals surface area contributed by atoms with E-state index in [1.807, 2.05) is 0 Å². The lowest BCUT2D eigenvalue weighted by atomic mass is 10.2. The van der Waals surface area contributed by atoms with Gasteiger partial charge in [-0.2, -0.15) is 0 Å². The minimum absolute atomic E-state index is 0.0718. The van der Waals surface area contributed by atoms with Gasteiger partial charge in [-0.05, 0) is 49.7 Å². The van der Waals surface area contributed by atoms with E-state index < -0.39 is 10.0 Å². The lowest BCUT2D eigenvalue weighted by Crippen LogP contribution is -2.14. The monoisotopic (exact) mass is 440 g/mol. The van der Waals surface area contributed by atoms with E-state index in [1.54, 1.807) is 44.2 Å². The zero-order valence-corrected chi connectivity index (χ0v) is 17.4. The van der Waals surface area contributed by atoms with Crippen molar-refractivity contribution in [1.29, 1.82) is 0 Å². The zero-order valence-electron chi connectivity index (χ0n) is 15.0. The molecule has 0 atom stereocenters. The Kier molecular flexibility index (Phi) is 6.11. The van der Waals surface area contributed by atoms with E-state index in [4.69, 9.17) is 16.3 Å². The van der Waals surface area contributed by atoms with Crippen LogP contribution in [-0.4, -0.2) is 41.1 Å². The molecule has 28 heavy (non-hydrogen) atoms. The summed E-state index contributed by atoms with van der Waals surface area (Å²) >= 11 is 7.11. The summed E-state index contributed by atoms with van der Waals surface area (Å²) in [6.45, 7) is 3.69. The molecule has 0 saturated heterocycles. The molecule has 1 heterocycles. The number of carbonyl (C=O) groups is 1. The second-order valence-corrected chi connectivity index (χ2v) is 8.63. The summed E-state index contributed by atoms with van der Waals surface area (Å²) in [5.74, 6) is -0.290. The van der Waals surface area contributed by atoms with E-state index in [-0.39, 0.29) is 16.6 Å². The van der Waals surface area contributed by atoms with Crippen LogP contribution in [0.1, 0.15) is 12.5 Å². The summed E-state index contributed by atoms with van der Waals surface area (Å²) in [4.78, 5) is 11.5. The number of sulfonamides is 1. The van der Waals surface area contributed by atoms with E-state index in [2.05, 4.69) is 14.9 Å². The number of nitrogens with zero attached hydrogens (tertiary/aromatic N) is 3. The molecule has 11 heteroatoms. The van der Waals surface area contributed by atoms with Gasteiger partial charge in [0.2, 0.25) is 0 Å². The molecule has 0 spiro atoms. The van der Waals surface area contributed by atoms with Crippen molar-refractivity contribution >= 4 is 56.3 Å². The van der Waals surface area contributed by atoms with Gasteiger partial charge in [0.1, 0.15) is 16.8 Å². The Morgan fingerprint density at radius 3 is 2.75 bits per heavy atom. The average Bonchev–Trinajstić information content (AvgIpc) is 3.04. The molecule has 148 valence electrons. The predicted molar refractivity (Wildman–Crippen MR) is 109 cm³/mol. The molecule has 0 radical (unpaired) electrons. The molecule has 0 fully saturated rings. The third-order valence-electron chi connectivity index (χ3n) is 3.72. The van der Waals surface area contributed by atoms with Crippen LogP contribution >= 0.6 is 23.5 Å². The molecule has 0 bridgehead atoms. The summed E-state index contributed by atoms with van der Waals surface area (Å²) in [6, 6.07) is 9.51. The second kappa shape index (κ2) is 8.38. The molecule has 3 rings (SSSR count). The highest BCUT2D eigenvalue weighted by molar-refractivity contribution is 7.98. The SMILES string of the molecule is CCOC(=O)CSn1nc2ccc(NS(=O)(=O)c3cccc(Cl)c3C)cc2n1. The largest absolute Gasteiger partial charge is 0.465 e. The maximum atomic E-state index is 12.7. The highest BCUT2D eigenvalue weighted by Gasteiger charge is 2.19. The Balaban J connectivity index is 1.80. The molecule has 2 aromatic carbocycles. The van der Waals surface area contributed by atoms with E-state index in [0.717, 1.165) is 11.9 Å². The first kappa shape index (κ1) is 20.4. The van der Waals surface area contributed by atoms with Crippen molar-refractivity contribution in [3.05, 3.63) is 47.0 Å². The first-order chi connectivity index (χ1) is 13.3. The first-order valence-corrected chi connectivity index (χ1v) is 11.0. The van der Waals surface area contributed by atoms with Gasteiger partial charge in [-0.1, -0.05) is 17.7 Å². The molecule has 0 aliphatic heterocycles. The fourth-order valence-corrected chi connectivity index (χ4v) is 4.56. The number of nitrogens with one attached hydrogen (secondary N) is 1. The molecular formula is C17H17ClN4O4S2. The van der Waals surface area contributed by atoms with Crippen molar-refractivity contribution in [2.75, 3.05) is 17.1 Å². The Bertz CT molecular complexity index is 1130. The normalized spacial score (nSPS) is 11.5. The van der Waals surface area contributed by atoms with Crippen molar-refractivity contribution in [2.24, 2.45) is 0 Å². The van der Waals surface area contributed by atoms with Crippen LogP contribution in [0.5, 0.6) is 0 Å². The maximum Gasteiger partial charge on any atom is 0.317 e. The molecule has 0 aliphatic carbocycles. The Morgan fingerprint density at radius 2 is 2.00 bits per heavy atom. The standard InChI is InChI=1S/C17H17ClN4O4S2/c1-3-26-17(23)10-27-22-19-14-8-7-12(9-15(14)20-22)21-28(24,25)16-6-4-5-13(18)11(16)2/h4-9,21H,3,10H2,1-2H3. The van der Waals surface area contributed by atoms with Crippen LogP contribution in [-0.2, 0) is 19.6 Å². The molecule has 0 saturated carbocycles. The van der Waals surface area contributed by atoms with Crippen molar-refractivity contribution in [2.45, 2.75) is 18.7 Å². The molecule has 1 aromatic heterocycles. The highest BCUT2D eigenvalue weighted by Crippen LogP contribution is 2.26. The highest BCUT2D eigenvalue weighted by atomic mass is 35.5. The number of hydrogen-bond donors (Lipinski definition) is 1. The van der Waals surface area contributed by atoms with Crippen LogP contribution in [0.25, 0.3) is 11.0 Å². The molecule has 0 aliphatic rings. The minimum atomic E-state index is -3.81. The summed E-state index contributed by atoms with van der Waals surface area (Å²) < 4.78 is 34.1. The van der Waals surface area contributed by atoms with Gasteiger partial charge in [-0.3, -0.25) is 9.52 Å². The topological polar surface area (TPSA) is 103 Å². The summed E-state index contributed by atoms with van der Waals surface area (Å²) in [7, 11) is -3.81. The number of hydrogen-bond acceptors (Lipinski definition) is 7. The second-order valence-electron chi connectivity index (χ2n) is 5.70.